The molecule has 3 N–H and O–H groups in total. The predicted octanol–water partition coefficient (Wildman–Crippen LogP) is 4.82. The van der Waals surface area contributed by atoms with Gasteiger partial charge in [0, 0.05) is 43.2 Å². The van der Waals surface area contributed by atoms with Gasteiger partial charge in [-0.25, -0.2) is 4.39 Å². The zero-order valence-corrected chi connectivity index (χ0v) is 19.3. The number of carbonyl (C=O) groups excluding carboxylic acids is 1. The second-order valence-electron chi connectivity index (χ2n) is 9.01. The summed E-state index contributed by atoms with van der Waals surface area (Å²) in [4.78, 5) is 18.6. The van der Waals surface area contributed by atoms with E-state index in [9.17, 15) is 14.3 Å². The Kier molecular flexibility index (Phi) is 5.80. The van der Waals surface area contributed by atoms with E-state index in [-0.39, 0.29) is 11.5 Å². The first-order chi connectivity index (χ1) is 15.6. The van der Waals surface area contributed by atoms with Crippen LogP contribution in [0.1, 0.15) is 52.0 Å². The highest BCUT2D eigenvalue weighted by Gasteiger charge is 2.30. The maximum atomic E-state index is 14.1. The van der Waals surface area contributed by atoms with Crippen LogP contribution in [0.15, 0.2) is 53.5 Å². The van der Waals surface area contributed by atoms with Crippen LogP contribution < -0.4 is 5.73 Å². The Morgan fingerprint density at radius 2 is 1.97 bits per heavy atom. The third kappa shape index (κ3) is 4.14. The molecule has 33 heavy (non-hydrogen) atoms. The van der Waals surface area contributed by atoms with Gasteiger partial charge in [0.1, 0.15) is 5.82 Å². The Morgan fingerprint density at radius 3 is 2.61 bits per heavy atom. The van der Waals surface area contributed by atoms with E-state index >= 15 is 0 Å². The molecule has 0 fully saturated rings. The smallest absolute Gasteiger partial charge is 0.257 e. The Bertz CT molecular complexity index is 1280. The van der Waals surface area contributed by atoms with Crippen molar-refractivity contribution in [3.05, 3.63) is 87.7 Å². The molecular formula is C27H28FN3O2. The van der Waals surface area contributed by atoms with Gasteiger partial charge in [-0.15, -0.1) is 0 Å². The summed E-state index contributed by atoms with van der Waals surface area (Å²) in [5.74, 6) is -0.743. The summed E-state index contributed by atoms with van der Waals surface area (Å²) in [6.07, 6.45) is 1.71. The molecule has 5 nitrogen and oxygen atoms in total. The van der Waals surface area contributed by atoms with Gasteiger partial charge in [-0.2, -0.15) is 0 Å². The fourth-order valence-electron chi connectivity index (χ4n) is 4.44. The van der Waals surface area contributed by atoms with Crippen LogP contribution in [0.3, 0.4) is 0 Å². The summed E-state index contributed by atoms with van der Waals surface area (Å²) in [6.45, 7) is 6.21. The van der Waals surface area contributed by atoms with Gasteiger partial charge in [0.05, 0.1) is 11.2 Å². The number of aliphatic imine (C=N–C) groups is 1. The Labute approximate surface area is 193 Å². The summed E-state index contributed by atoms with van der Waals surface area (Å²) in [7, 11) is 1.68. The first-order valence-electron chi connectivity index (χ1n) is 10.9. The molecule has 1 amide bonds. The minimum atomic E-state index is -1.07. The van der Waals surface area contributed by atoms with Crippen LogP contribution in [0, 0.1) is 12.7 Å². The monoisotopic (exact) mass is 445 g/mol. The van der Waals surface area contributed by atoms with E-state index in [1.54, 1.807) is 44.1 Å². The van der Waals surface area contributed by atoms with Crippen molar-refractivity contribution in [3.8, 4) is 11.1 Å². The minimum Gasteiger partial charge on any atom is -0.398 e. The fraction of sp³-hybridized carbons (Fsp3) is 0.259. The molecule has 1 heterocycles. The number of aryl methyl sites for hydroxylation is 1. The molecule has 0 spiro atoms. The van der Waals surface area contributed by atoms with Crippen molar-refractivity contribution in [2.45, 2.75) is 39.5 Å². The number of hydrogen-bond acceptors (Lipinski definition) is 4. The topological polar surface area (TPSA) is 78.9 Å². The normalized spacial score (nSPS) is 13.8. The fourth-order valence-corrected chi connectivity index (χ4v) is 4.44. The number of benzene rings is 3. The molecule has 3 aromatic rings. The van der Waals surface area contributed by atoms with Crippen LogP contribution in [-0.2, 0) is 18.7 Å². The van der Waals surface area contributed by atoms with Gasteiger partial charge in [0.25, 0.3) is 5.91 Å². The van der Waals surface area contributed by atoms with Crippen molar-refractivity contribution in [1.82, 2.24) is 4.90 Å². The molecule has 0 aliphatic carbocycles. The van der Waals surface area contributed by atoms with Crippen LogP contribution in [0.4, 0.5) is 10.1 Å². The predicted molar refractivity (Wildman–Crippen MR) is 130 cm³/mol. The van der Waals surface area contributed by atoms with Gasteiger partial charge in [-0.05, 0) is 54.7 Å². The quantitative estimate of drug-likeness (QED) is 0.437. The number of anilines is 1. The number of nitrogens with two attached hydrogens (primary N) is 1. The van der Waals surface area contributed by atoms with Gasteiger partial charge in [0.15, 0.2) is 0 Å². The SMILES string of the molecule is CN=Cc1c(-c2ccc(CN3Cc4cccc(F)c4C3=O)c(C)c2)ccc(C(C)(C)O)c1N. The molecule has 3 aromatic carbocycles. The average Bonchev–Trinajstić information content (AvgIpc) is 3.06. The lowest BCUT2D eigenvalue weighted by atomic mass is 9.89. The molecule has 1 aliphatic rings. The van der Waals surface area contributed by atoms with Gasteiger partial charge in [-0.1, -0.05) is 42.5 Å². The molecular weight excluding hydrogens is 417 g/mol. The summed E-state index contributed by atoms with van der Waals surface area (Å²) in [5.41, 5.74) is 12.0. The molecule has 0 bridgehead atoms. The first kappa shape index (κ1) is 22.7. The van der Waals surface area contributed by atoms with Crippen LogP contribution in [0.25, 0.3) is 11.1 Å². The second kappa shape index (κ2) is 8.45. The number of carbonyl (C=O) groups is 1. The van der Waals surface area contributed by atoms with Crippen molar-refractivity contribution in [3.63, 3.8) is 0 Å². The number of aliphatic hydroxyl groups is 1. The van der Waals surface area contributed by atoms with E-state index in [1.165, 1.54) is 6.07 Å². The first-order valence-corrected chi connectivity index (χ1v) is 10.9. The van der Waals surface area contributed by atoms with Gasteiger partial charge >= 0.3 is 0 Å². The highest BCUT2D eigenvalue weighted by molar-refractivity contribution is 5.99. The van der Waals surface area contributed by atoms with E-state index in [0.717, 1.165) is 33.4 Å². The van der Waals surface area contributed by atoms with E-state index in [2.05, 4.69) is 11.1 Å². The number of nitrogens with zero attached hydrogens (tertiary/aromatic N) is 2. The summed E-state index contributed by atoms with van der Waals surface area (Å²) in [6, 6.07) is 14.6. The molecule has 4 rings (SSSR count). The van der Waals surface area contributed by atoms with E-state index in [4.69, 9.17) is 5.73 Å². The molecule has 0 radical (unpaired) electrons. The zero-order chi connectivity index (χ0) is 23.9. The second-order valence-corrected chi connectivity index (χ2v) is 9.01. The van der Waals surface area contributed by atoms with Crippen molar-refractivity contribution in [2.75, 3.05) is 12.8 Å². The van der Waals surface area contributed by atoms with Crippen LogP contribution in [-0.4, -0.2) is 29.2 Å². The number of nitrogen functional groups attached to an aromatic ring is 1. The third-order valence-electron chi connectivity index (χ3n) is 6.18. The Hall–Kier alpha value is -3.51. The summed E-state index contributed by atoms with van der Waals surface area (Å²) in [5, 5.41) is 10.5. The highest BCUT2D eigenvalue weighted by Crippen LogP contribution is 2.35. The standard InChI is InChI=1S/C27H28FN3O2/c1-16-12-17(20-10-11-22(27(2,3)33)25(29)21(20)13-30-4)8-9-18(16)14-31-15-19-6-5-7-23(28)24(19)26(31)32/h5-13,33H,14-15,29H2,1-4H3. The van der Waals surface area contributed by atoms with Crippen molar-refractivity contribution in [1.29, 1.82) is 0 Å². The Balaban J connectivity index is 1.66. The Morgan fingerprint density at radius 1 is 1.21 bits per heavy atom. The van der Waals surface area contributed by atoms with Gasteiger partial charge < -0.3 is 15.7 Å². The third-order valence-corrected chi connectivity index (χ3v) is 6.18. The zero-order valence-electron chi connectivity index (χ0n) is 19.3. The van der Waals surface area contributed by atoms with Crippen LogP contribution in [0.5, 0.6) is 0 Å². The molecule has 1 aliphatic heterocycles. The lowest BCUT2D eigenvalue weighted by Crippen LogP contribution is -2.24. The van der Waals surface area contributed by atoms with E-state index in [0.29, 0.717) is 24.3 Å². The summed E-state index contributed by atoms with van der Waals surface area (Å²) < 4.78 is 14.1. The molecule has 170 valence electrons. The van der Waals surface area contributed by atoms with Crippen molar-refractivity contribution < 1.29 is 14.3 Å². The largest absolute Gasteiger partial charge is 0.398 e. The highest BCUT2D eigenvalue weighted by atomic mass is 19.1. The molecule has 0 saturated heterocycles. The van der Waals surface area contributed by atoms with E-state index < -0.39 is 11.4 Å². The molecule has 0 aromatic heterocycles. The average molecular weight is 446 g/mol. The van der Waals surface area contributed by atoms with Crippen molar-refractivity contribution >= 4 is 17.8 Å². The molecule has 0 atom stereocenters. The van der Waals surface area contributed by atoms with Gasteiger partial charge in [-0.3, -0.25) is 9.79 Å². The minimum absolute atomic E-state index is 0.178. The van der Waals surface area contributed by atoms with Crippen LogP contribution in [0.2, 0.25) is 0 Å². The van der Waals surface area contributed by atoms with Gasteiger partial charge in [0.2, 0.25) is 0 Å². The lowest BCUT2D eigenvalue weighted by molar-refractivity contribution is 0.0762. The number of rotatable bonds is 5. The summed E-state index contributed by atoms with van der Waals surface area (Å²) >= 11 is 0. The molecule has 6 heteroatoms. The van der Waals surface area contributed by atoms with Crippen molar-refractivity contribution in [2.24, 2.45) is 4.99 Å². The van der Waals surface area contributed by atoms with Crippen LogP contribution >= 0.6 is 0 Å². The molecule has 0 unspecified atom stereocenters. The molecule has 0 saturated carbocycles. The lowest BCUT2D eigenvalue weighted by Gasteiger charge is -2.23. The number of halogens is 1. The van der Waals surface area contributed by atoms with E-state index in [1.807, 2.05) is 31.2 Å². The number of fused-ring (bicyclic) bond motifs is 1. The number of hydrogen-bond donors (Lipinski definition) is 2. The maximum absolute atomic E-state index is 14.1. The maximum Gasteiger partial charge on any atom is 0.257 e. The number of amides is 1.